The maximum Gasteiger partial charge on any atom is 0.339 e. The van der Waals surface area contributed by atoms with E-state index < -0.39 is 34.6 Å². The highest BCUT2D eigenvalue weighted by molar-refractivity contribution is 5.97. The molecule has 1 amide bonds. The third-order valence-corrected chi connectivity index (χ3v) is 4.57. The minimum absolute atomic E-state index is 0.161. The third kappa shape index (κ3) is 6.41. The van der Waals surface area contributed by atoms with Crippen LogP contribution in [0.1, 0.15) is 59.7 Å². The molecule has 9 nitrogen and oxygen atoms in total. The first-order valence-corrected chi connectivity index (χ1v) is 9.36. The predicted octanol–water partition coefficient (Wildman–Crippen LogP) is 2.93. The summed E-state index contributed by atoms with van der Waals surface area (Å²) in [6, 6.07) is 3.11. The molecule has 0 radical (unpaired) electrons. The van der Waals surface area contributed by atoms with E-state index in [1.54, 1.807) is 0 Å². The van der Waals surface area contributed by atoms with Crippen LogP contribution in [0.4, 0.5) is 5.69 Å². The molecule has 156 valence electrons. The van der Waals surface area contributed by atoms with Crippen LogP contribution in [-0.2, 0) is 14.3 Å². The van der Waals surface area contributed by atoms with Crippen molar-refractivity contribution in [2.45, 2.75) is 45.1 Å². The maximum atomic E-state index is 12.3. The molecule has 2 rings (SSSR count). The Hall–Kier alpha value is -3.23. The molecule has 0 unspecified atom stereocenters. The number of ether oxygens (including phenoxy) is 2. The largest absolute Gasteiger partial charge is 0.465 e. The van der Waals surface area contributed by atoms with Crippen LogP contribution >= 0.6 is 0 Å². The van der Waals surface area contributed by atoms with Crippen molar-refractivity contribution < 1.29 is 28.8 Å². The molecule has 29 heavy (non-hydrogen) atoms. The second-order valence-electron chi connectivity index (χ2n) is 6.71. The van der Waals surface area contributed by atoms with Gasteiger partial charge >= 0.3 is 11.9 Å². The van der Waals surface area contributed by atoms with Crippen molar-refractivity contribution in [3.05, 3.63) is 51.1 Å². The average molecular weight is 404 g/mol. The van der Waals surface area contributed by atoms with E-state index in [-0.39, 0.29) is 11.1 Å². The van der Waals surface area contributed by atoms with Crippen LogP contribution in [0.3, 0.4) is 0 Å². The number of esters is 2. The zero-order valence-corrected chi connectivity index (χ0v) is 16.4. The molecule has 0 aliphatic heterocycles. The van der Waals surface area contributed by atoms with Gasteiger partial charge in [0, 0.05) is 18.7 Å². The number of amides is 1. The Morgan fingerprint density at radius 3 is 2.45 bits per heavy atom. The molecule has 1 atom stereocenters. The lowest BCUT2D eigenvalue weighted by Crippen LogP contribution is -2.36. The number of benzene rings is 1. The van der Waals surface area contributed by atoms with Crippen molar-refractivity contribution in [1.29, 1.82) is 0 Å². The second kappa shape index (κ2) is 10.4. The van der Waals surface area contributed by atoms with Gasteiger partial charge in [0.05, 0.1) is 23.2 Å². The topological polar surface area (TPSA) is 125 Å². The Bertz CT molecular complexity index is 832. The smallest absolute Gasteiger partial charge is 0.339 e. The van der Waals surface area contributed by atoms with Crippen molar-refractivity contribution in [2.24, 2.45) is 0 Å². The van der Waals surface area contributed by atoms with E-state index in [9.17, 15) is 24.5 Å². The Morgan fingerprint density at radius 1 is 1.17 bits per heavy atom. The summed E-state index contributed by atoms with van der Waals surface area (Å²) in [5.41, 5.74) is 0.476. The van der Waals surface area contributed by atoms with Gasteiger partial charge in [-0.05, 0) is 45.1 Å². The molecule has 1 aromatic rings. The molecule has 0 heterocycles. The number of carbonyl (C=O) groups is 3. The number of nitro groups is 1. The molecule has 0 saturated carbocycles. The fourth-order valence-electron chi connectivity index (χ4n) is 2.97. The Kier molecular flexibility index (Phi) is 7.88. The van der Waals surface area contributed by atoms with Gasteiger partial charge in [-0.3, -0.25) is 14.9 Å². The lowest BCUT2D eigenvalue weighted by molar-refractivity contribution is -0.384. The summed E-state index contributed by atoms with van der Waals surface area (Å²) < 4.78 is 9.64. The molecule has 0 saturated heterocycles. The molecular formula is C20H24N2O7. The van der Waals surface area contributed by atoms with E-state index in [0.29, 0.717) is 6.54 Å². The lowest BCUT2D eigenvalue weighted by atomic mass is 9.97. The molecule has 9 heteroatoms. The number of nitrogens with one attached hydrogen (secondary N) is 1. The number of hydrogen-bond donors (Lipinski definition) is 1. The van der Waals surface area contributed by atoms with Crippen LogP contribution in [-0.4, -0.2) is 42.5 Å². The molecule has 0 aromatic heterocycles. The minimum atomic E-state index is -1.09. The molecular weight excluding hydrogens is 380 g/mol. The zero-order chi connectivity index (χ0) is 21.4. The summed E-state index contributed by atoms with van der Waals surface area (Å²) in [6.45, 7) is 1.85. The van der Waals surface area contributed by atoms with Gasteiger partial charge in [0.1, 0.15) is 0 Å². The summed E-state index contributed by atoms with van der Waals surface area (Å²) in [5.74, 6) is -2.24. The monoisotopic (exact) mass is 404 g/mol. The van der Waals surface area contributed by atoms with E-state index >= 15 is 0 Å². The average Bonchev–Trinajstić information content (AvgIpc) is 2.73. The lowest BCUT2D eigenvalue weighted by Gasteiger charge is -2.16. The van der Waals surface area contributed by atoms with Gasteiger partial charge < -0.3 is 14.8 Å². The Labute approximate surface area is 168 Å². The van der Waals surface area contributed by atoms with Gasteiger partial charge in [-0.2, -0.15) is 0 Å². The normalized spacial score (nSPS) is 14.3. The molecule has 1 aliphatic rings. The number of allylic oxidation sites excluding steroid dienone is 1. The summed E-state index contributed by atoms with van der Waals surface area (Å²) >= 11 is 0. The van der Waals surface area contributed by atoms with E-state index in [4.69, 9.17) is 4.74 Å². The first-order valence-electron chi connectivity index (χ1n) is 9.36. The molecule has 0 fully saturated rings. The molecule has 1 aromatic carbocycles. The van der Waals surface area contributed by atoms with Crippen molar-refractivity contribution >= 4 is 23.5 Å². The van der Waals surface area contributed by atoms with Crippen molar-refractivity contribution in [3.63, 3.8) is 0 Å². The van der Waals surface area contributed by atoms with Gasteiger partial charge in [-0.25, -0.2) is 9.59 Å². The summed E-state index contributed by atoms with van der Waals surface area (Å²) in [7, 11) is 1.12. The SMILES string of the molecule is COC(=O)c1cc(C(=O)O[C@H](C)C(=O)NCCC2=CCCCC2)cc([N+](=O)[O-])c1. The highest BCUT2D eigenvalue weighted by Gasteiger charge is 2.23. The van der Waals surface area contributed by atoms with E-state index in [2.05, 4.69) is 16.1 Å². The van der Waals surface area contributed by atoms with Crippen LogP contribution in [0.25, 0.3) is 0 Å². The standard InChI is InChI=1S/C20H24N2O7/c1-13(18(23)21-9-8-14-6-4-3-5-7-14)29-20(25)16-10-15(19(24)28-2)11-17(12-16)22(26)27/h6,10-13H,3-5,7-9H2,1-2H3,(H,21,23)/t13-/m1/s1. The fourth-order valence-corrected chi connectivity index (χ4v) is 2.97. The van der Waals surface area contributed by atoms with Gasteiger partial charge in [0.25, 0.3) is 11.6 Å². The maximum absolute atomic E-state index is 12.3. The van der Waals surface area contributed by atoms with Crippen LogP contribution in [0, 0.1) is 10.1 Å². The summed E-state index contributed by atoms with van der Waals surface area (Å²) in [5, 5.41) is 13.8. The first kappa shape index (κ1) is 22.1. The van der Waals surface area contributed by atoms with Crippen molar-refractivity contribution in [1.82, 2.24) is 5.32 Å². The van der Waals surface area contributed by atoms with Crippen LogP contribution in [0.2, 0.25) is 0 Å². The highest BCUT2D eigenvalue weighted by atomic mass is 16.6. The Balaban J connectivity index is 1.97. The van der Waals surface area contributed by atoms with E-state index in [1.807, 2.05) is 0 Å². The van der Waals surface area contributed by atoms with Crippen LogP contribution < -0.4 is 5.32 Å². The summed E-state index contributed by atoms with van der Waals surface area (Å²) in [4.78, 5) is 46.5. The quantitative estimate of drug-likeness (QED) is 0.306. The first-order chi connectivity index (χ1) is 13.8. The predicted molar refractivity (Wildman–Crippen MR) is 103 cm³/mol. The zero-order valence-electron chi connectivity index (χ0n) is 16.4. The Morgan fingerprint density at radius 2 is 1.86 bits per heavy atom. The molecule has 0 bridgehead atoms. The van der Waals surface area contributed by atoms with Gasteiger partial charge in [-0.1, -0.05) is 11.6 Å². The van der Waals surface area contributed by atoms with Gasteiger partial charge in [0.2, 0.25) is 0 Å². The number of nitrogens with zero attached hydrogens (tertiary/aromatic N) is 1. The number of nitro benzene ring substituents is 1. The third-order valence-electron chi connectivity index (χ3n) is 4.57. The van der Waals surface area contributed by atoms with Crippen molar-refractivity contribution in [2.75, 3.05) is 13.7 Å². The number of rotatable bonds is 8. The van der Waals surface area contributed by atoms with Crippen LogP contribution in [0.5, 0.6) is 0 Å². The van der Waals surface area contributed by atoms with Crippen LogP contribution in [0.15, 0.2) is 29.8 Å². The second-order valence-corrected chi connectivity index (χ2v) is 6.71. The molecule has 0 spiro atoms. The van der Waals surface area contributed by atoms with Crippen molar-refractivity contribution in [3.8, 4) is 0 Å². The number of carbonyl (C=O) groups excluding carboxylic acids is 3. The summed E-state index contributed by atoms with van der Waals surface area (Å²) in [6.07, 6.45) is 6.30. The number of non-ortho nitro benzene ring substituents is 1. The minimum Gasteiger partial charge on any atom is -0.465 e. The molecule has 1 aliphatic carbocycles. The number of hydrogen-bond acceptors (Lipinski definition) is 7. The van der Waals surface area contributed by atoms with Gasteiger partial charge in [-0.15, -0.1) is 0 Å². The van der Waals surface area contributed by atoms with E-state index in [0.717, 1.165) is 51.0 Å². The highest BCUT2D eigenvalue weighted by Crippen LogP contribution is 2.20. The molecule has 1 N–H and O–H groups in total. The number of methoxy groups -OCH3 is 1. The van der Waals surface area contributed by atoms with E-state index in [1.165, 1.54) is 18.9 Å². The fraction of sp³-hybridized carbons (Fsp3) is 0.450. The van der Waals surface area contributed by atoms with Gasteiger partial charge in [0.15, 0.2) is 6.10 Å².